The summed E-state index contributed by atoms with van der Waals surface area (Å²) >= 11 is 1.43. The van der Waals surface area contributed by atoms with Gasteiger partial charge < -0.3 is 0 Å². The molecule has 0 aromatic carbocycles. The summed E-state index contributed by atoms with van der Waals surface area (Å²) in [6.07, 6.45) is 7.61. The number of thioether (sulfide) groups is 1. The summed E-state index contributed by atoms with van der Waals surface area (Å²) in [7, 11) is 0. The van der Waals surface area contributed by atoms with Gasteiger partial charge in [0.2, 0.25) is 0 Å². The van der Waals surface area contributed by atoms with E-state index in [9.17, 15) is 4.79 Å². The van der Waals surface area contributed by atoms with Crippen LogP contribution in [0.25, 0.3) is 0 Å². The van der Waals surface area contributed by atoms with E-state index in [0.29, 0.717) is 5.16 Å². The van der Waals surface area contributed by atoms with Gasteiger partial charge in [0.25, 0.3) is 5.56 Å². The SMILES string of the molecule is CSc1nncc(=O)n1C(C)(C)C.c1cnncn1. The molecule has 0 unspecified atom stereocenters. The van der Waals surface area contributed by atoms with E-state index < -0.39 is 0 Å². The molecule has 2 aromatic heterocycles. The van der Waals surface area contributed by atoms with Gasteiger partial charge in [0.05, 0.1) is 6.20 Å². The third kappa shape index (κ3) is 4.74. The molecule has 0 N–H and O–H groups in total. The van der Waals surface area contributed by atoms with Gasteiger partial charge in [-0.25, -0.2) is 4.98 Å². The fraction of sp³-hybridized carbons (Fsp3) is 0.455. The number of nitrogens with zero attached hydrogens (tertiary/aromatic N) is 6. The minimum absolute atomic E-state index is 0.105. The van der Waals surface area contributed by atoms with Crippen LogP contribution in [-0.2, 0) is 5.54 Å². The molecule has 0 bridgehead atoms. The highest BCUT2D eigenvalue weighted by atomic mass is 32.2. The van der Waals surface area contributed by atoms with Crippen LogP contribution in [0.15, 0.2) is 34.9 Å². The molecular weight excluding hydrogens is 264 g/mol. The number of hydrogen-bond donors (Lipinski definition) is 0. The fourth-order valence-electron chi connectivity index (χ4n) is 1.28. The Hall–Kier alpha value is -1.83. The zero-order chi connectivity index (χ0) is 14.3. The van der Waals surface area contributed by atoms with Gasteiger partial charge in [-0.2, -0.15) is 10.2 Å². The maximum Gasteiger partial charge on any atom is 0.273 e. The van der Waals surface area contributed by atoms with Crippen LogP contribution in [0.3, 0.4) is 0 Å². The third-order valence-electron chi connectivity index (χ3n) is 1.98. The van der Waals surface area contributed by atoms with Crippen molar-refractivity contribution in [3.8, 4) is 0 Å². The number of aromatic nitrogens is 6. The Morgan fingerprint density at radius 3 is 2.21 bits per heavy atom. The molecule has 0 aliphatic heterocycles. The third-order valence-corrected chi connectivity index (χ3v) is 2.61. The summed E-state index contributed by atoms with van der Waals surface area (Å²) < 4.78 is 1.64. The molecule has 0 fully saturated rings. The largest absolute Gasteiger partial charge is 0.279 e. The summed E-state index contributed by atoms with van der Waals surface area (Å²) in [5.74, 6) is 0. The fourth-order valence-corrected chi connectivity index (χ4v) is 1.95. The summed E-state index contributed by atoms with van der Waals surface area (Å²) in [5.41, 5.74) is -0.349. The first-order valence-electron chi connectivity index (χ1n) is 5.52. The van der Waals surface area contributed by atoms with Crippen molar-refractivity contribution in [2.75, 3.05) is 6.26 Å². The van der Waals surface area contributed by atoms with Gasteiger partial charge in [-0.05, 0) is 27.0 Å². The Morgan fingerprint density at radius 2 is 1.89 bits per heavy atom. The molecule has 0 spiro atoms. The predicted molar refractivity (Wildman–Crippen MR) is 72.9 cm³/mol. The predicted octanol–water partition coefficient (Wildman–Crippen LogP) is 0.987. The normalized spacial score (nSPS) is 10.5. The van der Waals surface area contributed by atoms with Gasteiger partial charge in [0.1, 0.15) is 12.5 Å². The molecule has 8 heteroatoms. The van der Waals surface area contributed by atoms with Gasteiger partial charge in [-0.1, -0.05) is 11.8 Å². The lowest BCUT2D eigenvalue weighted by molar-refractivity contribution is 0.340. The zero-order valence-electron chi connectivity index (χ0n) is 11.3. The average molecular weight is 280 g/mol. The van der Waals surface area contributed by atoms with Crippen molar-refractivity contribution in [1.29, 1.82) is 0 Å². The summed E-state index contributed by atoms with van der Waals surface area (Å²) in [6.45, 7) is 5.90. The van der Waals surface area contributed by atoms with Crippen molar-refractivity contribution < 1.29 is 0 Å². The molecule has 0 amide bonds. The van der Waals surface area contributed by atoms with Gasteiger partial charge in [0, 0.05) is 11.7 Å². The van der Waals surface area contributed by atoms with Crippen molar-refractivity contribution in [2.45, 2.75) is 31.5 Å². The van der Waals surface area contributed by atoms with Crippen LogP contribution in [0.1, 0.15) is 20.8 Å². The van der Waals surface area contributed by atoms with Crippen LogP contribution in [0.5, 0.6) is 0 Å². The Bertz CT molecular complexity index is 524. The van der Waals surface area contributed by atoms with Crippen LogP contribution in [0, 0.1) is 0 Å². The molecule has 2 rings (SSSR count). The molecule has 2 heterocycles. The summed E-state index contributed by atoms with van der Waals surface area (Å²) in [5, 5.41) is 15.1. The molecule has 0 aliphatic rings. The Labute approximate surface area is 115 Å². The Balaban J connectivity index is 0.000000250. The van der Waals surface area contributed by atoms with Crippen molar-refractivity contribution in [3.63, 3.8) is 0 Å². The molecule has 0 aliphatic carbocycles. The maximum atomic E-state index is 11.5. The van der Waals surface area contributed by atoms with Crippen LogP contribution < -0.4 is 5.56 Å². The maximum absolute atomic E-state index is 11.5. The second kappa shape index (κ2) is 6.93. The first-order valence-corrected chi connectivity index (χ1v) is 6.75. The first-order chi connectivity index (χ1) is 8.96. The first kappa shape index (κ1) is 15.2. The zero-order valence-corrected chi connectivity index (χ0v) is 12.1. The van der Waals surface area contributed by atoms with Gasteiger partial charge in [-0.3, -0.25) is 9.36 Å². The lowest BCUT2D eigenvalue weighted by Gasteiger charge is -2.23. The summed E-state index contributed by atoms with van der Waals surface area (Å²) in [4.78, 5) is 15.1. The topological polar surface area (TPSA) is 86.5 Å². The molecule has 7 nitrogen and oxygen atoms in total. The highest BCUT2D eigenvalue weighted by Gasteiger charge is 2.18. The quantitative estimate of drug-likeness (QED) is 0.720. The lowest BCUT2D eigenvalue weighted by atomic mass is 10.1. The monoisotopic (exact) mass is 280 g/mol. The van der Waals surface area contributed by atoms with E-state index in [-0.39, 0.29) is 11.1 Å². The van der Waals surface area contributed by atoms with Crippen LogP contribution in [0.4, 0.5) is 0 Å². The lowest BCUT2D eigenvalue weighted by Crippen LogP contribution is -2.35. The summed E-state index contributed by atoms with van der Waals surface area (Å²) in [6, 6.07) is 0. The van der Waals surface area contributed by atoms with Crippen molar-refractivity contribution in [1.82, 2.24) is 29.9 Å². The van der Waals surface area contributed by atoms with Gasteiger partial charge in [0.15, 0.2) is 5.16 Å². The van der Waals surface area contributed by atoms with E-state index in [2.05, 4.69) is 25.4 Å². The minimum atomic E-state index is -0.245. The van der Waals surface area contributed by atoms with Crippen molar-refractivity contribution in [2.24, 2.45) is 0 Å². The van der Waals surface area contributed by atoms with Gasteiger partial charge in [-0.15, -0.1) is 10.2 Å². The second-order valence-electron chi connectivity index (χ2n) is 4.47. The molecule has 0 radical (unpaired) electrons. The van der Waals surface area contributed by atoms with E-state index >= 15 is 0 Å². The highest BCUT2D eigenvalue weighted by Crippen LogP contribution is 2.17. The minimum Gasteiger partial charge on any atom is -0.279 e. The van der Waals surface area contributed by atoms with Crippen LogP contribution >= 0.6 is 11.8 Å². The molecule has 0 saturated carbocycles. The van der Waals surface area contributed by atoms with E-state index in [1.165, 1.54) is 30.5 Å². The Morgan fingerprint density at radius 1 is 1.16 bits per heavy atom. The smallest absolute Gasteiger partial charge is 0.273 e. The molecule has 102 valence electrons. The van der Waals surface area contributed by atoms with E-state index in [1.807, 2.05) is 27.0 Å². The van der Waals surface area contributed by atoms with E-state index in [0.717, 1.165) is 0 Å². The Kier molecular flexibility index (Phi) is 5.56. The second-order valence-corrected chi connectivity index (χ2v) is 5.24. The molecule has 0 saturated heterocycles. The van der Waals surface area contributed by atoms with E-state index in [1.54, 1.807) is 10.8 Å². The molecule has 19 heavy (non-hydrogen) atoms. The highest BCUT2D eigenvalue weighted by molar-refractivity contribution is 7.98. The van der Waals surface area contributed by atoms with Crippen LogP contribution in [-0.4, -0.2) is 36.2 Å². The van der Waals surface area contributed by atoms with E-state index in [4.69, 9.17) is 0 Å². The molecule has 2 aromatic rings. The average Bonchev–Trinajstić information content (AvgIpc) is 2.39. The van der Waals surface area contributed by atoms with Gasteiger partial charge >= 0.3 is 0 Å². The van der Waals surface area contributed by atoms with Crippen LogP contribution in [0.2, 0.25) is 0 Å². The number of rotatable bonds is 1. The molecule has 0 atom stereocenters. The van der Waals surface area contributed by atoms with Crippen molar-refractivity contribution >= 4 is 11.8 Å². The van der Waals surface area contributed by atoms with Crippen molar-refractivity contribution in [3.05, 3.63) is 35.3 Å². The number of hydrogen-bond acceptors (Lipinski definition) is 7. The standard InChI is InChI=1S/C8H13N3OS.C3H3N3/c1-8(2,3)11-6(12)5-9-10-7(11)13-4;1-2-5-6-3-4-1/h5H,1-4H3;1-3H. The molecular formula is C11H16N6OS.